The van der Waals surface area contributed by atoms with E-state index in [1.807, 2.05) is 12.1 Å². The summed E-state index contributed by atoms with van der Waals surface area (Å²) in [6, 6.07) is 82.3. The first-order valence-corrected chi connectivity index (χ1v) is 23.7. The van der Waals surface area contributed by atoms with Crippen LogP contribution in [0.5, 0.6) is 0 Å². The second kappa shape index (κ2) is 15.0. The summed E-state index contributed by atoms with van der Waals surface area (Å²) in [6.07, 6.45) is 0. The van der Waals surface area contributed by atoms with Crippen molar-refractivity contribution in [3.63, 3.8) is 0 Å². The fraction of sp³-hybridized carbons (Fsp3) is 0. The van der Waals surface area contributed by atoms with Gasteiger partial charge in [0.05, 0.1) is 16.7 Å². The van der Waals surface area contributed by atoms with Crippen molar-refractivity contribution in [2.45, 2.75) is 0 Å². The normalized spacial score (nSPS) is 12.0. The van der Waals surface area contributed by atoms with Crippen LogP contribution in [0, 0.1) is 0 Å². The molecule has 15 rings (SSSR count). The monoisotopic (exact) mass is 890 g/mol. The summed E-state index contributed by atoms with van der Waals surface area (Å²) >= 11 is 0. The van der Waals surface area contributed by atoms with Gasteiger partial charge < -0.3 is 8.98 Å². The van der Waals surface area contributed by atoms with Crippen LogP contribution in [0.15, 0.2) is 235 Å². The number of hydrogen-bond donors (Lipinski definition) is 0. The first-order chi connectivity index (χ1) is 34.7. The van der Waals surface area contributed by atoms with Crippen LogP contribution >= 0.6 is 0 Å². The minimum Gasteiger partial charge on any atom is -0.456 e. The maximum Gasteiger partial charge on any atom is 0.164 e. The van der Waals surface area contributed by atoms with Crippen LogP contribution in [0.25, 0.3) is 149 Å². The van der Waals surface area contributed by atoms with Gasteiger partial charge in [0.15, 0.2) is 17.5 Å². The second-order valence-corrected chi connectivity index (χ2v) is 18.3. The van der Waals surface area contributed by atoms with Crippen LogP contribution in [0.4, 0.5) is 0 Å². The average molecular weight is 891 g/mol. The summed E-state index contributed by atoms with van der Waals surface area (Å²) in [7, 11) is 0. The fourth-order valence-electron chi connectivity index (χ4n) is 11.1. The van der Waals surface area contributed by atoms with Gasteiger partial charge in [-0.3, -0.25) is 0 Å². The summed E-state index contributed by atoms with van der Waals surface area (Å²) in [5.41, 5.74) is 9.79. The van der Waals surface area contributed by atoms with E-state index in [9.17, 15) is 0 Å². The zero-order chi connectivity index (χ0) is 45.9. The Balaban J connectivity index is 1.02. The summed E-state index contributed by atoms with van der Waals surface area (Å²) in [5.74, 6) is 1.81. The van der Waals surface area contributed by atoms with Crippen LogP contribution in [0.2, 0.25) is 0 Å². The molecule has 0 fully saturated rings. The molecule has 0 bridgehead atoms. The van der Waals surface area contributed by atoms with Gasteiger partial charge in [-0.1, -0.05) is 170 Å². The molecular formula is C65H38N4O. The summed E-state index contributed by atoms with van der Waals surface area (Å²) in [6.45, 7) is 0. The highest BCUT2D eigenvalue weighted by Crippen LogP contribution is 2.43. The Bertz CT molecular complexity index is 4630. The van der Waals surface area contributed by atoms with Crippen LogP contribution in [-0.2, 0) is 0 Å². The van der Waals surface area contributed by atoms with Crippen molar-refractivity contribution >= 4 is 97.6 Å². The van der Waals surface area contributed by atoms with Crippen molar-refractivity contribution in [3.05, 3.63) is 231 Å². The smallest absolute Gasteiger partial charge is 0.164 e. The third-order valence-corrected chi connectivity index (χ3v) is 14.4. The first kappa shape index (κ1) is 38.6. The SMILES string of the molecule is c1ccc2cc(-c3nc(-c4ccc(-n5c6ccccc6c6cc7ccccc7cc65)c(-c5ccc6c(c5)oc5ccccc56)c4)nc(-c4cccc5c6ccccc6c6ccccc6c45)n3)ccc2c1. The van der Waals surface area contributed by atoms with Crippen LogP contribution < -0.4 is 0 Å². The number of rotatable bonds is 5. The van der Waals surface area contributed by atoms with Gasteiger partial charge in [0.25, 0.3) is 0 Å². The van der Waals surface area contributed by atoms with Gasteiger partial charge in [-0.2, -0.15) is 0 Å². The van der Waals surface area contributed by atoms with E-state index in [-0.39, 0.29) is 0 Å². The Morgan fingerprint density at radius 1 is 0.286 bits per heavy atom. The van der Waals surface area contributed by atoms with Crippen molar-refractivity contribution < 1.29 is 4.42 Å². The van der Waals surface area contributed by atoms with E-state index >= 15 is 0 Å². The van der Waals surface area contributed by atoms with E-state index in [1.165, 1.54) is 37.7 Å². The molecule has 0 saturated heterocycles. The van der Waals surface area contributed by atoms with E-state index < -0.39 is 0 Å². The Morgan fingerprint density at radius 2 is 0.829 bits per heavy atom. The van der Waals surface area contributed by atoms with E-state index in [4.69, 9.17) is 19.4 Å². The van der Waals surface area contributed by atoms with Gasteiger partial charge in [-0.25, -0.2) is 15.0 Å². The molecule has 0 saturated carbocycles. The van der Waals surface area contributed by atoms with E-state index in [2.05, 4.69) is 223 Å². The quantitative estimate of drug-likeness (QED) is 0.162. The molecule has 0 aliphatic carbocycles. The number of aromatic nitrogens is 4. The molecule has 3 heterocycles. The Hall–Kier alpha value is -9.45. The lowest BCUT2D eigenvalue weighted by atomic mass is 9.91. The lowest BCUT2D eigenvalue weighted by Gasteiger charge is -2.17. The second-order valence-electron chi connectivity index (χ2n) is 18.3. The third-order valence-electron chi connectivity index (χ3n) is 14.4. The zero-order valence-corrected chi connectivity index (χ0v) is 37.6. The predicted octanol–water partition coefficient (Wildman–Crippen LogP) is 17.3. The molecule has 3 aromatic heterocycles. The molecule has 0 spiro atoms. The predicted molar refractivity (Wildman–Crippen MR) is 291 cm³/mol. The van der Waals surface area contributed by atoms with Crippen molar-refractivity contribution in [2.24, 2.45) is 0 Å². The maximum atomic E-state index is 6.56. The molecule has 324 valence electrons. The molecule has 0 aliphatic rings. The Morgan fingerprint density at radius 3 is 1.60 bits per heavy atom. The van der Waals surface area contributed by atoms with Gasteiger partial charge in [0.1, 0.15) is 11.2 Å². The molecule has 0 amide bonds. The van der Waals surface area contributed by atoms with Gasteiger partial charge in [0.2, 0.25) is 0 Å². The Labute approximate surface area is 401 Å². The average Bonchev–Trinajstić information content (AvgIpc) is 3.96. The van der Waals surface area contributed by atoms with Crippen molar-refractivity contribution in [1.82, 2.24) is 19.5 Å². The topological polar surface area (TPSA) is 56.7 Å². The minimum atomic E-state index is 0.584. The van der Waals surface area contributed by atoms with Crippen LogP contribution in [0.3, 0.4) is 0 Å². The number of hydrogen-bond acceptors (Lipinski definition) is 4. The van der Waals surface area contributed by atoms with Crippen molar-refractivity contribution in [1.29, 1.82) is 0 Å². The van der Waals surface area contributed by atoms with Gasteiger partial charge in [-0.15, -0.1) is 0 Å². The Kier molecular flexibility index (Phi) is 8.29. The highest BCUT2D eigenvalue weighted by Gasteiger charge is 2.22. The minimum absolute atomic E-state index is 0.584. The molecule has 70 heavy (non-hydrogen) atoms. The molecule has 12 aromatic carbocycles. The number of benzene rings is 12. The van der Waals surface area contributed by atoms with Crippen molar-refractivity contribution in [3.8, 4) is 51.0 Å². The van der Waals surface area contributed by atoms with Gasteiger partial charge in [-0.05, 0) is 115 Å². The molecule has 0 radical (unpaired) electrons. The third kappa shape index (κ3) is 5.88. The van der Waals surface area contributed by atoms with E-state index in [1.54, 1.807) is 0 Å². The zero-order valence-electron chi connectivity index (χ0n) is 37.6. The first-order valence-electron chi connectivity index (χ1n) is 23.7. The summed E-state index contributed by atoms with van der Waals surface area (Å²) in [4.78, 5) is 16.3. The number of nitrogens with zero attached hydrogens (tertiary/aromatic N) is 4. The molecule has 0 N–H and O–H groups in total. The molecule has 15 aromatic rings. The van der Waals surface area contributed by atoms with E-state index in [0.29, 0.717) is 17.5 Å². The van der Waals surface area contributed by atoms with Crippen molar-refractivity contribution in [2.75, 3.05) is 0 Å². The van der Waals surface area contributed by atoms with Gasteiger partial charge in [0, 0.05) is 49.2 Å². The highest BCUT2D eigenvalue weighted by molar-refractivity contribution is 6.28. The number of furan rings is 1. The number of fused-ring (bicyclic) bond motifs is 14. The molecule has 5 heteroatoms. The maximum absolute atomic E-state index is 6.56. The molecule has 0 aliphatic heterocycles. The highest BCUT2D eigenvalue weighted by atomic mass is 16.3. The van der Waals surface area contributed by atoms with Gasteiger partial charge >= 0.3 is 0 Å². The summed E-state index contributed by atoms with van der Waals surface area (Å²) in [5, 5.41) is 16.3. The standard InChI is InChI=1S/C65H38N4O/c1-2-15-40-34-44(29-28-39(40)14-1)63-66-64(68-65(67-63)54-25-13-24-53-48-19-6-5-18-46(48)47-20-7-8-23-52(47)62(53)54)45-31-33-58(55(36-45)43-30-32-51-50-22-10-12-27-60(50)70-61(51)38-43)69-57-26-11-9-21-49(57)56-35-41-16-3-4-17-42(41)37-59(56)69/h1-38H. The van der Waals surface area contributed by atoms with Crippen LogP contribution in [-0.4, -0.2) is 19.5 Å². The molecule has 0 atom stereocenters. The van der Waals surface area contributed by atoms with Crippen LogP contribution in [0.1, 0.15) is 0 Å². The molecule has 5 nitrogen and oxygen atoms in total. The molecular weight excluding hydrogens is 853 g/mol. The lowest BCUT2D eigenvalue weighted by molar-refractivity contribution is 0.669. The number of para-hydroxylation sites is 2. The lowest BCUT2D eigenvalue weighted by Crippen LogP contribution is -2.02. The molecule has 0 unspecified atom stereocenters. The summed E-state index contributed by atoms with van der Waals surface area (Å²) < 4.78 is 8.98. The fourth-order valence-corrected chi connectivity index (χ4v) is 11.1. The van der Waals surface area contributed by atoms with E-state index in [0.717, 1.165) is 93.4 Å². The largest absolute Gasteiger partial charge is 0.456 e.